The van der Waals surface area contributed by atoms with Gasteiger partial charge in [0.2, 0.25) is 5.91 Å². The molecule has 2 heterocycles. The molecule has 0 saturated heterocycles. The number of amides is 1. The Hall–Kier alpha value is -3.87. The van der Waals surface area contributed by atoms with Crippen molar-refractivity contribution < 1.29 is 13.6 Å². The predicted molar refractivity (Wildman–Crippen MR) is 120 cm³/mol. The number of hydrogen-bond donors (Lipinski definition) is 1. The Bertz CT molecular complexity index is 1250. The second kappa shape index (κ2) is 9.09. The lowest BCUT2D eigenvalue weighted by Gasteiger charge is -2.13. The molecule has 4 rings (SSSR count). The van der Waals surface area contributed by atoms with Crippen LogP contribution >= 0.6 is 0 Å². The topological polar surface area (TPSA) is 59.8 Å². The highest BCUT2D eigenvalue weighted by Crippen LogP contribution is 2.34. The summed E-state index contributed by atoms with van der Waals surface area (Å²) in [6.07, 6.45) is 3.77. The van der Waals surface area contributed by atoms with Crippen LogP contribution in [0.3, 0.4) is 0 Å². The summed E-state index contributed by atoms with van der Waals surface area (Å²) >= 11 is 0. The van der Waals surface area contributed by atoms with Gasteiger partial charge in [-0.05, 0) is 55.0 Å². The van der Waals surface area contributed by atoms with E-state index < -0.39 is 0 Å². The van der Waals surface area contributed by atoms with Gasteiger partial charge in [-0.25, -0.2) is 13.8 Å². The van der Waals surface area contributed by atoms with Gasteiger partial charge in [0, 0.05) is 35.5 Å². The number of aromatic nitrogens is 3. The van der Waals surface area contributed by atoms with Crippen LogP contribution in [0.25, 0.3) is 22.4 Å². The number of anilines is 1. The molecule has 0 aliphatic carbocycles. The monoisotopic (exact) mass is 432 g/mol. The van der Waals surface area contributed by atoms with Crippen molar-refractivity contribution in [3.05, 3.63) is 90.3 Å². The number of halogens is 2. The van der Waals surface area contributed by atoms with Crippen LogP contribution in [0.5, 0.6) is 0 Å². The quantitative estimate of drug-likeness (QED) is 0.416. The summed E-state index contributed by atoms with van der Waals surface area (Å²) in [7, 11) is 0. The van der Waals surface area contributed by atoms with Crippen LogP contribution in [0, 0.1) is 11.6 Å². The lowest BCUT2D eigenvalue weighted by atomic mass is 10.0. The first-order valence-electron chi connectivity index (χ1n) is 10.3. The van der Waals surface area contributed by atoms with E-state index in [1.54, 1.807) is 54.2 Å². The van der Waals surface area contributed by atoms with Crippen LogP contribution in [-0.2, 0) is 4.79 Å². The Morgan fingerprint density at radius 2 is 1.81 bits per heavy atom. The molecule has 0 aliphatic heterocycles. The second-order valence-electron chi connectivity index (χ2n) is 7.41. The molecule has 1 N–H and O–H groups in total. The summed E-state index contributed by atoms with van der Waals surface area (Å²) in [4.78, 5) is 16.0. The average molecular weight is 432 g/mol. The highest BCUT2D eigenvalue weighted by molar-refractivity contribution is 5.90. The molecular weight excluding hydrogens is 410 g/mol. The first kappa shape index (κ1) is 21.4. The highest BCUT2D eigenvalue weighted by Gasteiger charge is 2.19. The van der Waals surface area contributed by atoms with Gasteiger partial charge in [-0.15, -0.1) is 0 Å². The number of nitrogens with one attached hydrogen (secondary N) is 1. The molecule has 1 unspecified atom stereocenters. The normalized spacial score (nSPS) is 11.9. The van der Waals surface area contributed by atoms with Crippen molar-refractivity contribution in [2.75, 3.05) is 5.32 Å². The Morgan fingerprint density at radius 1 is 1.06 bits per heavy atom. The third-order valence-electron chi connectivity index (χ3n) is 5.26. The Balaban J connectivity index is 1.82. The van der Waals surface area contributed by atoms with E-state index in [9.17, 15) is 13.6 Å². The van der Waals surface area contributed by atoms with Gasteiger partial charge in [-0.1, -0.05) is 25.1 Å². The Kier molecular flexibility index (Phi) is 6.07. The molecule has 7 heteroatoms. The Labute approximate surface area is 184 Å². The largest absolute Gasteiger partial charge is 0.311 e. The molecule has 0 fully saturated rings. The molecule has 0 bridgehead atoms. The standard InChI is InChI=1S/C25H22F2N4O/c1-3-24(32)29-23-14-18(12-13-28-23)21-15-31(16(2)20-6-4-5-7-22(20)27)30-25(21)17-8-10-19(26)11-9-17/h4-16H,3H2,1-2H3,(H,28,29,32). The summed E-state index contributed by atoms with van der Waals surface area (Å²) in [5.74, 6) is -0.372. The minimum Gasteiger partial charge on any atom is -0.311 e. The van der Waals surface area contributed by atoms with Gasteiger partial charge in [0.25, 0.3) is 0 Å². The summed E-state index contributed by atoms with van der Waals surface area (Å²) in [5.41, 5.74) is 3.38. The number of rotatable bonds is 6. The third kappa shape index (κ3) is 4.42. The van der Waals surface area contributed by atoms with Crippen LogP contribution in [-0.4, -0.2) is 20.7 Å². The van der Waals surface area contributed by atoms with Crippen molar-refractivity contribution in [2.45, 2.75) is 26.3 Å². The molecule has 2 aromatic heterocycles. The molecule has 0 spiro atoms. The minimum atomic E-state index is -0.370. The lowest BCUT2D eigenvalue weighted by molar-refractivity contribution is -0.115. The number of nitrogens with zero attached hydrogens (tertiary/aromatic N) is 3. The van der Waals surface area contributed by atoms with Crippen molar-refractivity contribution in [2.24, 2.45) is 0 Å². The molecule has 5 nitrogen and oxygen atoms in total. The van der Waals surface area contributed by atoms with Crippen molar-refractivity contribution in [1.29, 1.82) is 0 Å². The summed E-state index contributed by atoms with van der Waals surface area (Å²) in [5, 5.41) is 7.49. The Morgan fingerprint density at radius 3 is 2.53 bits per heavy atom. The predicted octanol–water partition coefficient (Wildman–Crippen LogP) is 5.85. The number of pyridine rings is 1. The first-order valence-corrected chi connectivity index (χ1v) is 10.3. The van der Waals surface area contributed by atoms with E-state index in [0.29, 0.717) is 23.5 Å². The average Bonchev–Trinajstić information content (AvgIpc) is 3.25. The fourth-order valence-corrected chi connectivity index (χ4v) is 3.48. The zero-order valence-electron chi connectivity index (χ0n) is 17.7. The van der Waals surface area contributed by atoms with E-state index >= 15 is 0 Å². The maximum absolute atomic E-state index is 14.4. The second-order valence-corrected chi connectivity index (χ2v) is 7.41. The zero-order valence-corrected chi connectivity index (χ0v) is 17.7. The molecule has 0 aliphatic rings. The van der Waals surface area contributed by atoms with Gasteiger partial charge in [0.05, 0.1) is 6.04 Å². The van der Waals surface area contributed by atoms with E-state index in [2.05, 4.69) is 10.3 Å². The third-order valence-corrected chi connectivity index (χ3v) is 5.26. The molecule has 4 aromatic rings. The van der Waals surface area contributed by atoms with E-state index in [4.69, 9.17) is 5.10 Å². The highest BCUT2D eigenvalue weighted by atomic mass is 19.1. The van der Waals surface area contributed by atoms with Crippen molar-refractivity contribution in [3.63, 3.8) is 0 Å². The molecule has 162 valence electrons. The van der Waals surface area contributed by atoms with Crippen LogP contribution in [0.1, 0.15) is 31.9 Å². The van der Waals surface area contributed by atoms with E-state index in [1.165, 1.54) is 18.2 Å². The van der Waals surface area contributed by atoms with E-state index in [-0.39, 0.29) is 23.6 Å². The van der Waals surface area contributed by atoms with Crippen molar-refractivity contribution >= 4 is 11.7 Å². The molecule has 1 amide bonds. The molecule has 32 heavy (non-hydrogen) atoms. The van der Waals surface area contributed by atoms with E-state index in [1.807, 2.05) is 19.2 Å². The molecular formula is C25H22F2N4O. The molecule has 0 radical (unpaired) electrons. The maximum atomic E-state index is 14.4. The molecule has 0 saturated carbocycles. The van der Waals surface area contributed by atoms with Crippen LogP contribution < -0.4 is 5.32 Å². The number of carbonyl (C=O) groups is 1. The minimum absolute atomic E-state index is 0.141. The van der Waals surface area contributed by atoms with Gasteiger partial charge < -0.3 is 5.32 Å². The van der Waals surface area contributed by atoms with Crippen LogP contribution in [0.15, 0.2) is 73.1 Å². The lowest BCUT2D eigenvalue weighted by Crippen LogP contribution is -2.10. The van der Waals surface area contributed by atoms with Crippen molar-refractivity contribution in [3.8, 4) is 22.4 Å². The fourth-order valence-electron chi connectivity index (χ4n) is 3.48. The fraction of sp³-hybridized carbons (Fsp3) is 0.160. The van der Waals surface area contributed by atoms with Crippen LogP contribution in [0.2, 0.25) is 0 Å². The van der Waals surface area contributed by atoms with Gasteiger partial charge in [0.15, 0.2) is 0 Å². The SMILES string of the molecule is CCC(=O)Nc1cc(-c2cn(C(C)c3ccccc3F)nc2-c2ccc(F)cc2)ccn1. The summed E-state index contributed by atoms with van der Waals surface area (Å²) in [6, 6.07) is 15.8. The smallest absolute Gasteiger partial charge is 0.225 e. The van der Waals surface area contributed by atoms with Gasteiger partial charge >= 0.3 is 0 Å². The summed E-state index contributed by atoms with van der Waals surface area (Å²) in [6.45, 7) is 3.63. The van der Waals surface area contributed by atoms with Gasteiger partial charge in [0.1, 0.15) is 23.1 Å². The molecule has 1 atom stereocenters. The maximum Gasteiger partial charge on any atom is 0.225 e. The zero-order chi connectivity index (χ0) is 22.7. The first-order chi connectivity index (χ1) is 15.5. The number of carbonyl (C=O) groups excluding carboxylic acids is 1. The van der Waals surface area contributed by atoms with Crippen molar-refractivity contribution in [1.82, 2.24) is 14.8 Å². The summed E-state index contributed by atoms with van der Waals surface area (Å²) < 4.78 is 29.6. The number of benzene rings is 2. The van der Waals surface area contributed by atoms with E-state index in [0.717, 1.165) is 16.7 Å². The molecule has 2 aromatic carbocycles. The van der Waals surface area contributed by atoms with Gasteiger partial charge in [-0.2, -0.15) is 5.10 Å². The number of hydrogen-bond acceptors (Lipinski definition) is 3. The van der Waals surface area contributed by atoms with Crippen LogP contribution in [0.4, 0.5) is 14.6 Å². The van der Waals surface area contributed by atoms with Gasteiger partial charge in [-0.3, -0.25) is 9.48 Å².